The van der Waals surface area contributed by atoms with Crippen LogP contribution >= 0.6 is 0 Å². The number of nitrogens with two attached hydrogens (primary N) is 1. The molecular formula is C12H20N4O8S2. The zero-order valence-electron chi connectivity index (χ0n) is 13.7. The monoisotopic (exact) mass is 412 g/mol. The Bertz CT molecular complexity index is 799. The molecule has 14 heteroatoms. The molecule has 0 aromatic rings. The van der Waals surface area contributed by atoms with Gasteiger partial charge in [0.15, 0.2) is 0 Å². The van der Waals surface area contributed by atoms with E-state index < -0.39 is 50.3 Å². The van der Waals surface area contributed by atoms with Gasteiger partial charge in [-0.1, -0.05) is 0 Å². The first-order valence-corrected chi connectivity index (χ1v) is 11.2. The first-order chi connectivity index (χ1) is 12.0. The lowest BCUT2D eigenvalue weighted by molar-refractivity contribution is -0.139. The molecule has 26 heavy (non-hydrogen) atoms. The molecule has 0 spiro atoms. The molecule has 3 heterocycles. The third kappa shape index (κ3) is 3.78. The van der Waals surface area contributed by atoms with Crippen molar-refractivity contribution >= 4 is 32.2 Å². The molecule has 0 radical (unpaired) electrons. The van der Waals surface area contributed by atoms with Crippen LogP contribution in [0.4, 0.5) is 4.79 Å². The Hall–Kier alpha value is -1.48. The first kappa shape index (κ1) is 19.3. The largest absolute Gasteiger partial charge is 0.418 e. The minimum atomic E-state index is -4.86. The van der Waals surface area contributed by atoms with Gasteiger partial charge in [0.05, 0.1) is 23.6 Å². The maximum Gasteiger partial charge on any atom is 0.418 e. The number of rotatable bonds is 4. The van der Waals surface area contributed by atoms with Crippen molar-refractivity contribution in [2.24, 2.45) is 5.84 Å². The van der Waals surface area contributed by atoms with Crippen LogP contribution in [0.1, 0.15) is 25.7 Å². The highest BCUT2D eigenvalue weighted by Gasteiger charge is 2.50. The SMILES string of the molecule is NN(C(=O)C1CCC2CN1C(=O)N2OS(=O)(=O)O)C1CCS(=O)(=O)CC1. The summed E-state index contributed by atoms with van der Waals surface area (Å²) in [4.78, 5) is 26.2. The zero-order valence-corrected chi connectivity index (χ0v) is 15.4. The number of carbonyl (C=O) groups excluding carboxylic acids is 2. The van der Waals surface area contributed by atoms with Crippen molar-refractivity contribution in [2.45, 2.75) is 43.8 Å². The number of hydrogen-bond acceptors (Lipinski definition) is 8. The van der Waals surface area contributed by atoms with Gasteiger partial charge in [0.25, 0.3) is 5.91 Å². The molecule has 3 aliphatic rings. The first-order valence-electron chi connectivity index (χ1n) is 8.03. The molecule has 12 nitrogen and oxygen atoms in total. The highest BCUT2D eigenvalue weighted by atomic mass is 32.3. The van der Waals surface area contributed by atoms with Crippen molar-refractivity contribution < 1.29 is 35.3 Å². The minimum Gasteiger partial charge on any atom is -0.309 e. The van der Waals surface area contributed by atoms with Crippen molar-refractivity contribution in [3.63, 3.8) is 0 Å². The average Bonchev–Trinajstić information content (AvgIpc) is 2.77. The number of hydrogen-bond donors (Lipinski definition) is 2. The van der Waals surface area contributed by atoms with Crippen molar-refractivity contribution in [2.75, 3.05) is 18.1 Å². The van der Waals surface area contributed by atoms with Gasteiger partial charge in [-0.2, -0.15) is 13.5 Å². The molecule has 3 saturated heterocycles. The normalized spacial score (nSPS) is 29.1. The second-order valence-corrected chi connectivity index (χ2v) is 9.95. The van der Waals surface area contributed by atoms with Gasteiger partial charge in [0, 0.05) is 6.54 Å². The van der Waals surface area contributed by atoms with Gasteiger partial charge in [0.2, 0.25) is 0 Å². The topological polar surface area (TPSA) is 168 Å². The summed E-state index contributed by atoms with van der Waals surface area (Å²) in [5, 5.41) is 1.54. The highest BCUT2D eigenvalue weighted by Crippen LogP contribution is 2.32. The number of sulfone groups is 1. The Labute approximate surface area is 150 Å². The Morgan fingerprint density at radius 2 is 1.85 bits per heavy atom. The molecule has 2 bridgehead atoms. The molecule has 0 aliphatic carbocycles. The van der Waals surface area contributed by atoms with E-state index in [1.54, 1.807) is 0 Å². The molecule has 0 saturated carbocycles. The Morgan fingerprint density at radius 1 is 1.23 bits per heavy atom. The van der Waals surface area contributed by atoms with Gasteiger partial charge in [-0.05, 0) is 25.7 Å². The van der Waals surface area contributed by atoms with Crippen LogP contribution in [0.5, 0.6) is 0 Å². The summed E-state index contributed by atoms with van der Waals surface area (Å²) in [6.07, 6.45) is 0.998. The maximum absolute atomic E-state index is 12.7. The van der Waals surface area contributed by atoms with Crippen molar-refractivity contribution in [3.05, 3.63) is 0 Å². The lowest BCUT2D eigenvalue weighted by Gasteiger charge is -2.36. The number of fused-ring (bicyclic) bond motifs is 2. The molecule has 0 aromatic carbocycles. The van der Waals surface area contributed by atoms with Crippen LogP contribution in [-0.2, 0) is 29.3 Å². The molecule has 148 valence electrons. The molecule has 0 aromatic heterocycles. The predicted octanol–water partition coefficient (Wildman–Crippen LogP) is -1.73. The van der Waals surface area contributed by atoms with E-state index in [1.165, 1.54) is 0 Å². The van der Waals surface area contributed by atoms with Crippen LogP contribution in [0.15, 0.2) is 0 Å². The summed E-state index contributed by atoms with van der Waals surface area (Å²) in [6, 6.07) is -2.77. The second-order valence-electron chi connectivity index (χ2n) is 6.64. The van der Waals surface area contributed by atoms with E-state index >= 15 is 0 Å². The second kappa shape index (κ2) is 6.60. The number of hydroxylamine groups is 2. The van der Waals surface area contributed by atoms with E-state index in [4.69, 9.17) is 10.4 Å². The molecular weight excluding hydrogens is 392 g/mol. The fourth-order valence-corrected chi connectivity index (χ4v) is 5.45. The van der Waals surface area contributed by atoms with Crippen molar-refractivity contribution in [1.29, 1.82) is 0 Å². The van der Waals surface area contributed by atoms with E-state index in [0.717, 1.165) is 9.91 Å². The van der Waals surface area contributed by atoms with Crippen LogP contribution in [0.25, 0.3) is 0 Å². The van der Waals surface area contributed by atoms with E-state index in [0.29, 0.717) is 11.5 Å². The maximum atomic E-state index is 12.7. The van der Waals surface area contributed by atoms with Gasteiger partial charge in [-0.25, -0.2) is 19.1 Å². The van der Waals surface area contributed by atoms with Gasteiger partial charge in [-0.3, -0.25) is 14.4 Å². The summed E-state index contributed by atoms with van der Waals surface area (Å²) in [5.41, 5.74) is 0. The summed E-state index contributed by atoms with van der Waals surface area (Å²) >= 11 is 0. The zero-order chi connectivity index (χ0) is 19.3. The molecule has 3 rings (SSSR count). The molecule has 3 amide bonds. The van der Waals surface area contributed by atoms with Crippen molar-refractivity contribution in [1.82, 2.24) is 15.0 Å². The van der Waals surface area contributed by atoms with E-state index in [9.17, 15) is 26.4 Å². The average molecular weight is 412 g/mol. The van der Waals surface area contributed by atoms with Gasteiger partial charge in [0.1, 0.15) is 15.9 Å². The van der Waals surface area contributed by atoms with Crippen LogP contribution in [0, 0.1) is 0 Å². The minimum absolute atomic E-state index is 0.0516. The standard InChI is InChI=1S/C12H20N4O8S2/c13-15(8-3-5-25(19,20)6-4-8)11(17)10-2-1-9-7-14(10)12(18)16(9)24-26(21,22)23/h8-10H,1-7,13H2,(H,21,22,23). The summed E-state index contributed by atoms with van der Waals surface area (Å²) in [6.45, 7) is 0.0671. The molecule has 3 aliphatic heterocycles. The smallest absolute Gasteiger partial charge is 0.309 e. The lowest BCUT2D eigenvalue weighted by Crippen LogP contribution is -2.57. The fraction of sp³-hybridized carbons (Fsp3) is 0.833. The number of urea groups is 1. The van der Waals surface area contributed by atoms with Gasteiger partial charge < -0.3 is 4.90 Å². The number of nitrogens with zero attached hydrogens (tertiary/aromatic N) is 3. The number of carbonyl (C=O) groups is 2. The van der Waals surface area contributed by atoms with Gasteiger partial charge >= 0.3 is 16.4 Å². The third-order valence-electron chi connectivity index (χ3n) is 4.95. The lowest BCUT2D eigenvalue weighted by atomic mass is 9.99. The summed E-state index contributed by atoms with van der Waals surface area (Å²) in [7, 11) is -7.96. The van der Waals surface area contributed by atoms with E-state index in [-0.39, 0.29) is 37.3 Å². The van der Waals surface area contributed by atoms with Gasteiger partial charge in [-0.15, -0.1) is 4.28 Å². The van der Waals surface area contributed by atoms with Crippen molar-refractivity contribution in [3.8, 4) is 0 Å². The molecule has 2 atom stereocenters. The number of piperidine rings is 1. The third-order valence-corrected chi connectivity index (χ3v) is 7.02. The van der Waals surface area contributed by atoms with Crippen LogP contribution in [0.3, 0.4) is 0 Å². The Balaban J connectivity index is 1.69. The Kier molecular flexibility index (Phi) is 4.89. The quantitative estimate of drug-likeness (QED) is 0.236. The predicted molar refractivity (Wildman–Crippen MR) is 86.1 cm³/mol. The summed E-state index contributed by atoms with van der Waals surface area (Å²) in [5.74, 6) is 5.26. The highest BCUT2D eigenvalue weighted by molar-refractivity contribution is 7.91. The molecule has 3 fully saturated rings. The van der Waals surface area contributed by atoms with E-state index in [1.807, 2.05) is 0 Å². The Morgan fingerprint density at radius 3 is 2.42 bits per heavy atom. The molecule has 2 unspecified atom stereocenters. The number of amides is 3. The van der Waals surface area contributed by atoms with Crippen LogP contribution < -0.4 is 5.84 Å². The van der Waals surface area contributed by atoms with Crippen LogP contribution in [0.2, 0.25) is 0 Å². The fourth-order valence-electron chi connectivity index (χ4n) is 3.60. The van der Waals surface area contributed by atoms with Crippen LogP contribution in [-0.4, -0.2) is 84.5 Å². The number of hydrazine groups is 1. The van der Waals surface area contributed by atoms with E-state index in [2.05, 4.69) is 4.28 Å². The molecule has 3 N–H and O–H groups in total. The summed E-state index contributed by atoms with van der Waals surface area (Å²) < 4.78 is 57.8.